The molecule has 0 aromatic rings. The molecule has 3 heteroatoms. The number of nitrogens with one attached hydrogen (secondary N) is 1. The molecule has 1 saturated carbocycles. The van der Waals surface area contributed by atoms with E-state index in [0.29, 0.717) is 18.5 Å². The number of rotatable bonds is 6. The molecule has 0 spiro atoms. The maximum atomic E-state index is 9.38. The van der Waals surface area contributed by atoms with Crippen molar-refractivity contribution in [2.75, 3.05) is 19.6 Å². The maximum Gasteiger partial charge on any atom is 0.0786 e. The number of nitrogens with two attached hydrogens (primary N) is 1. The first-order valence-corrected chi connectivity index (χ1v) is 6.65. The molecule has 0 radical (unpaired) electrons. The summed E-state index contributed by atoms with van der Waals surface area (Å²) in [4.78, 5) is 0. The molecule has 1 aliphatic carbocycles. The number of hydrogen-bond acceptors (Lipinski definition) is 3. The summed E-state index contributed by atoms with van der Waals surface area (Å²) in [5.74, 6) is 0.837. The Morgan fingerprint density at radius 3 is 2.50 bits per heavy atom. The van der Waals surface area contributed by atoms with Gasteiger partial charge in [0.1, 0.15) is 0 Å². The molecule has 16 heavy (non-hydrogen) atoms. The molecule has 1 atom stereocenters. The van der Waals surface area contributed by atoms with Crippen LogP contribution in [0.3, 0.4) is 0 Å². The monoisotopic (exact) mass is 228 g/mol. The van der Waals surface area contributed by atoms with Gasteiger partial charge in [-0.3, -0.25) is 0 Å². The first kappa shape index (κ1) is 13.9. The van der Waals surface area contributed by atoms with Crippen LogP contribution >= 0.6 is 0 Å². The van der Waals surface area contributed by atoms with E-state index >= 15 is 0 Å². The van der Waals surface area contributed by atoms with Crippen LogP contribution in [0.25, 0.3) is 0 Å². The second-order valence-electron chi connectivity index (χ2n) is 5.84. The topological polar surface area (TPSA) is 58.3 Å². The van der Waals surface area contributed by atoms with Gasteiger partial charge in [0, 0.05) is 19.6 Å². The van der Waals surface area contributed by atoms with Crippen molar-refractivity contribution < 1.29 is 5.11 Å². The molecule has 1 rings (SSSR count). The van der Waals surface area contributed by atoms with Crippen LogP contribution in [-0.4, -0.2) is 30.8 Å². The molecule has 1 aliphatic rings. The SMILES string of the molecule is CC(C)(CNCC(O)CN)C1CCCCC1. The zero-order valence-electron chi connectivity index (χ0n) is 10.8. The summed E-state index contributed by atoms with van der Waals surface area (Å²) in [5.41, 5.74) is 5.72. The normalized spacial score (nSPS) is 21.0. The lowest BCUT2D eigenvalue weighted by molar-refractivity contribution is 0.136. The molecule has 1 fully saturated rings. The highest BCUT2D eigenvalue weighted by atomic mass is 16.3. The molecule has 0 bridgehead atoms. The largest absolute Gasteiger partial charge is 0.390 e. The second kappa shape index (κ2) is 6.58. The van der Waals surface area contributed by atoms with Crippen LogP contribution in [0.5, 0.6) is 0 Å². The van der Waals surface area contributed by atoms with Gasteiger partial charge >= 0.3 is 0 Å². The van der Waals surface area contributed by atoms with Crippen LogP contribution in [0.15, 0.2) is 0 Å². The van der Waals surface area contributed by atoms with E-state index in [4.69, 9.17) is 5.73 Å². The third kappa shape index (κ3) is 4.40. The smallest absolute Gasteiger partial charge is 0.0786 e. The molecular formula is C13H28N2O. The Morgan fingerprint density at radius 1 is 1.31 bits per heavy atom. The van der Waals surface area contributed by atoms with E-state index < -0.39 is 6.10 Å². The minimum atomic E-state index is -0.401. The Balaban J connectivity index is 2.26. The van der Waals surface area contributed by atoms with Crippen molar-refractivity contribution >= 4 is 0 Å². The zero-order valence-corrected chi connectivity index (χ0v) is 10.8. The minimum Gasteiger partial charge on any atom is -0.390 e. The standard InChI is InChI=1S/C13H28N2O/c1-13(2,10-15-9-12(16)8-14)11-6-4-3-5-7-11/h11-12,15-16H,3-10,14H2,1-2H3. The Bertz CT molecular complexity index is 188. The highest BCUT2D eigenvalue weighted by Gasteiger charge is 2.30. The molecule has 0 aromatic carbocycles. The summed E-state index contributed by atoms with van der Waals surface area (Å²) >= 11 is 0. The third-order valence-corrected chi connectivity index (χ3v) is 3.94. The second-order valence-corrected chi connectivity index (χ2v) is 5.84. The van der Waals surface area contributed by atoms with Crippen molar-refractivity contribution in [1.29, 1.82) is 0 Å². The molecule has 0 aromatic heterocycles. The molecule has 0 heterocycles. The van der Waals surface area contributed by atoms with Gasteiger partial charge in [-0.1, -0.05) is 33.1 Å². The fraction of sp³-hybridized carbons (Fsp3) is 1.00. The van der Waals surface area contributed by atoms with Gasteiger partial charge in [0.25, 0.3) is 0 Å². The highest BCUT2D eigenvalue weighted by Crippen LogP contribution is 2.37. The maximum absolute atomic E-state index is 9.38. The van der Waals surface area contributed by atoms with Crippen molar-refractivity contribution in [3.8, 4) is 0 Å². The van der Waals surface area contributed by atoms with Crippen molar-refractivity contribution in [2.24, 2.45) is 17.1 Å². The van der Waals surface area contributed by atoms with E-state index in [1.54, 1.807) is 0 Å². The average molecular weight is 228 g/mol. The Labute approximate surface area is 99.8 Å². The van der Waals surface area contributed by atoms with Gasteiger partial charge in [0.15, 0.2) is 0 Å². The molecular weight excluding hydrogens is 200 g/mol. The lowest BCUT2D eigenvalue weighted by Gasteiger charge is -2.37. The summed E-state index contributed by atoms with van der Waals surface area (Å²) in [6.07, 6.45) is 6.52. The quantitative estimate of drug-likeness (QED) is 0.646. The molecule has 0 saturated heterocycles. The molecule has 3 nitrogen and oxygen atoms in total. The lowest BCUT2D eigenvalue weighted by Crippen LogP contribution is -2.41. The first-order valence-electron chi connectivity index (χ1n) is 6.65. The summed E-state index contributed by atoms with van der Waals surface area (Å²) in [6.45, 7) is 6.62. The van der Waals surface area contributed by atoms with Gasteiger partial charge < -0.3 is 16.2 Å². The fourth-order valence-electron chi connectivity index (χ4n) is 2.67. The molecule has 0 aliphatic heterocycles. The van der Waals surface area contributed by atoms with Crippen molar-refractivity contribution in [1.82, 2.24) is 5.32 Å². The fourth-order valence-corrected chi connectivity index (χ4v) is 2.67. The van der Waals surface area contributed by atoms with Crippen molar-refractivity contribution in [3.05, 3.63) is 0 Å². The highest BCUT2D eigenvalue weighted by molar-refractivity contribution is 4.83. The van der Waals surface area contributed by atoms with Gasteiger partial charge in [-0.25, -0.2) is 0 Å². The van der Waals surface area contributed by atoms with Gasteiger partial charge in [-0.15, -0.1) is 0 Å². The number of aliphatic hydroxyl groups excluding tert-OH is 1. The van der Waals surface area contributed by atoms with Crippen LogP contribution in [0, 0.1) is 11.3 Å². The van der Waals surface area contributed by atoms with Crippen molar-refractivity contribution in [2.45, 2.75) is 52.1 Å². The van der Waals surface area contributed by atoms with E-state index in [-0.39, 0.29) is 0 Å². The van der Waals surface area contributed by atoms with Crippen LogP contribution < -0.4 is 11.1 Å². The van der Waals surface area contributed by atoms with E-state index in [1.165, 1.54) is 32.1 Å². The molecule has 96 valence electrons. The number of hydrogen-bond donors (Lipinski definition) is 3. The summed E-state index contributed by atoms with van der Waals surface area (Å²) < 4.78 is 0. The van der Waals surface area contributed by atoms with Crippen LogP contribution in [0.2, 0.25) is 0 Å². The van der Waals surface area contributed by atoms with E-state index in [9.17, 15) is 5.11 Å². The van der Waals surface area contributed by atoms with Gasteiger partial charge in [-0.05, 0) is 24.2 Å². The first-order chi connectivity index (χ1) is 7.56. The Morgan fingerprint density at radius 2 is 1.94 bits per heavy atom. The predicted molar refractivity (Wildman–Crippen MR) is 68.3 cm³/mol. The van der Waals surface area contributed by atoms with Gasteiger partial charge in [0.05, 0.1) is 6.10 Å². The molecule has 0 amide bonds. The summed E-state index contributed by atoms with van der Waals surface area (Å²) in [5, 5.41) is 12.7. The summed E-state index contributed by atoms with van der Waals surface area (Å²) in [7, 11) is 0. The van der Waals surface area contributed by atoms with Gasteiger partial charge in [-0.2, -0.15) is 0 Å². The zero-order chi connectivity index (χ0) is 12.0. The Hall–Kier alpha value is -0.120. The molecule has 4 N–H and O–H groups in total. The van der Waals surface area contributed by atoms with Gasteiger partial charge in [0.2, 0.25) is 0 Å². The van der Waals surface area contributed by atoms with Crippen molar-refractivity contribution in [3.63, 3.8) is 0 Å². The van der Waals surface area contributed by atoms with E-state index in [0.717, 1.165) is 12.5 Å². The molecule has 1 unspecified atom stereocenters. The van der Waals surface area contributed by atoms with Crippen LogP contribution in [0.1, 0.15) is 46.0 Å². The van der Waals surface area contributed by atoms with E-state index in [2.05, 4.69) is 19.2 Å². The van der Waals surface area contributed by atoms with Crippen LogP contribution in [0.4, 0.5) is 0 Å². The minimum absolute atomic E-state index is 0.342. The summed E-state index contributed by atoms with van der Waals surface area (Å²) in [6, 6.07) is 0. The average Bonchev–Trinajstić information content (AvgIpc) is 2.30. The third-order valence-electron chi connectivity index (χ3n) is 3.94. The van der Waals surface area contributed by atoms with E-state index in [1.807, 2.05) is 0 Å². The number of aliphatic hydroxyl groups is 1. The van der Waals surface area contributed by atoms with Crippen LogP contribution in [-0.2, 0) is 0 Å². The lowest BCUT2D eigenvalue weighted by atomic mass is 9.71. The Kier molecular flexibility index (Phi) is 5.73. The predicted octanol–water partition coefficient (Wildman–Crippen LogP) is 1.50.